The van der Waals surface area contributed by atoms with Crippen LogP contribution in [0.15, 0.2) is 116 Å². The molecule has 0 fully saturated rings. The average molecular weight is 1850 g/mol. The molecule has 4 atom stereocenters. The summed E-state index contributed by atoms with van der Waals surface area (Å²) in [5.74, 6) is -5.08. The second-order valence-corrected chi connectivity index (χ2v) is 33.3. The van der Waals surface area contributed by atoms with Gasteiger partial charge in [-0.15, -0.1) is 6.42 Å². The van der Waals surface area contributed by atoms with E-state index in [4.69, 9.17) is 53.0 Å². The summed E-state index contributed by atoms with van der Waals surface area (Å²) in [6.07, 6.45) is 12.4. The monoisotopic (exact) mass is 1850 g/mol. The van der Waals surface area contributed by atoms with E-state index in [0.29, 0.717) is 64.8 Å². The zero-order valence-corrected chi connectivity index (χ0v) is 75.3. The van der Waals surface area contributed by atoms with Gasteiger partial charge in [-0.2, -0.15) is 0 Å². The first-order valence-corrected chi connectivity index (χ1v) is 42.3. The Morgan fingerprint density at radius 3 is 1.06 bits per heavy atom. The number of methoxy groups -OCH3 is 1. The molecule has 710 valence electrons. The number of benzene rings is 4. The fourth-order valence-corrected chi connectivity index (χ4v) is 14.7. The van der Waals surface area contributed by atoms with Crippen molar-refractivity contribution in [1.29, 1.82) is 0 Å². The zero-order chi connectivity index (χ0) is 96.5. The quantitative estimate of drug-likeness (QED) is 0.0109. The van der Waals surface area contributed by atoms with E-state index in [1.807, 2.05) is 55.4 Å². The van der Waals surface area contributed by atoms with Crippen molar-refractivity contribution in [3.63, 3.8) is 0 Å². The maximum Gasteiger partial charge on any atom is 0.270 e. The second-order valence-electron chi connectivity index (χ2n) is 33.3. The Hall–Kier alpha value is -12.7. The Labute approximate surface area is 757 Å². The van der Waals surface area contributed by atoms with E-state index in [1.54, 1.807) is 63.5 Å². The number of amides is 3. The summed E-state index contributed by atoms with van der Waals surface area (Å²) < 4.78 is 200. The van der Waals surface area contributed by atoms with E-state index in [2.05, 4.69) is 41.8 Å². The number of nitrogens with zero attached hydrogens (tertiary/aromatic N) is 8. The topological polar surface area (TPSA) is 324 Å². The molecule has 0 bridgehead atoms. The van der Waals surface area contributed by atoms with Crippen LogP contribution in [0.5, 0.6) is 28.7 Å². The predicted octanol–water partition coefficient (Wildman–Crippen LogP) is 19.0. The van der Waals surface area contributed by atoms with Crippen LogP contribution >= 0.6 is 0 Å². The van der Waals surface area contributed by atoms with Crippen LogP contribution in [0.3, 0.4) is 0 Å². The van der Waals surface area contributed by atoms with Gasteiger partial charge in [0, 0.05) is 95.8 Å². The Morgan fingerprint density at radius 1 is 0.417 bits per heavy atom. The minimum absolute atomic E-state index is 0. The molecule has 8 aromatic heterocycles. The van der Waals surface area contributed by atoms with Crippen LogP contribution in [-0.2, 0) is 26.4 Å². The van der Waals surface area contributed by atoms with Gasteiger partial charge < -0.3 is 62.6 Å². The molecule has 132 heavy (non-hydrogen) atoms. The lowest BCUT2D eigenvalue weighted by Crippen LogP contribution is -2.47. The molecule has 4 aromatic carbocycles. The van der Waals surface area contributed by atoms with Gasteiger partial charge in [0.15, 0.2) is 62.9 Å². The molecule has 11 N–H and O–H groups in total. The van der Waals surface area contributed by atoms with Gasteiger partial charge in [0.05, 0.1) is 52.1 Å². The van der Waals surface area contributed by atoms with Gasteiger partial charge in [0.25, 0.3) is 30.6 Å². The third-order valence-corrected chi connectivity index (χ3v) is 21.4. The molecule has 12 aromatic rings. The van der Waals surface area contributed by atoms with Crippen molar-refractivity contribution in [1.82, 2.24) is 53.5 Å². The number of aromatic nitrogens is 8. The van der Waals surface area contributed by atoms with Crippen LogP contribution in [0.25, 0.3) is 22.6 Å². The molecule has 0 aliphatic carbocycles. The molecule has 0 spiro atoms. The Morgan fingerprint density at radius 2 is 0.720 bits per heavy atom. The van der Waals surface area contributed by atoms with Crippen LogP contribution < -0.4 is 62.6 Å². The van der Waals surface area contributed by atoms with E-state index in [1.165, 1.54) is 44.6 Å². The summed E-state index contributed by atoms with van der Waals surface area (Å²) >= 11 is 0. The Balaban J connectivity index is 0.000000216. The summed E-state index contributed by atoms with van der Waals surface area (Å²) in [4.78, 5) is 69.4. The van der Waals surface area contributed by atoms with Crippen molar-refractivity contribution >= 4 is 46.1 Å². The molecule has 4 unspecified atom stereocenters. The number of aryl methyl sites for hydroxylation is 5. The third kappa shape index (κ3) is 26.1. The highest BCUT2D eigenvalue weighted by Gasteiger charge is 2.32. The summed E-state index contributed by atoms with van der Waals surface area (Å²) in [7, 11) is 1.31. The van der Waals surface area contributed by atoms with E-state index in [9.17, 15) is 71.9 Å². The largest absolute Gasteiger partial charge is 0.494 e. The summed E-state index contributed by atoms with van der Waals surface area (Å²) in [5, 5.41) is 8.48. The van der Waals surface area contributed by atoms with Gasteiger partial charge in [0.1, 0.15) is 89.9 Å². The lowest BCUT2D eigenvalue weighted by atomic mass is 9.90. The number of imidazole rings is 4. The first kappa shape index (κ1) is 105. The van der Waals surface area contributed by atoms with Crippen molar-refractivity contribution in [2.24, 2.45) is 22.9 Å². The first-order chi connectivity index (χ1) is 61.8. The summed E-state index contributed by atoms with van der Waals surface area (Å²) in [6, 6.07) is 18.0. The number of Topliss-reactive ketones (excluding diaryl/α,β-unsaturated/α-hetero) is 1. The minimum Gasteiger partial charge on any atom is -0.494 e. The number of alkyl halides is 4. The highest BCUT2D eigenvalue weighted by molar-refractivity contribution is 5.98. The predicted molar refractivity (Wildman–Crippen MR) is 479 cm³/mol. The van der Waals surface area contributed by atoms with Crippen molar-refractivity contribution < 1.29 is 95.5 Å². The maximum atomic E-state index is 14.5. The number of fused-ring (bicyclic) bond motifs is 4. The van der Waals surface area contributed by atoms with E-state index < -0.39 is 112 Å². The average Bonchev–Trinajstić information content (AvgIpc) is 1.34. The van der Waals surface area contributed by atoms with Crippen molar-refractivity contribution in [2.45, 2.75) is 223 Å². The van der Waals surface area contributed by atoms with Crippen molar-refractivity contribution in [3.8, 4) is 41.1 Å². The smallest absolute Gasteiger partial charge is 0.270 e. The Bertz CT molecular complexity index is 5920. The van der Waals surface area contributed by atoms with Crippen LogP contribution in [0.1, 0.15) is 249 Å². The number of terminal acetylenes is 1. The third-order valence-electron chi connectivity index (χ3n) is 21.4. The second kappa shape index (κ2) is 45.4. The summed E-state index contributed by atoms with van der Waals surface area (Å²) in [5.41, 5.74) is 25.1. The fourth-order valence-electron chi connectivity index (χ4n) is 14.7. The molecule has 24 nitrogen and oxygen atoms in total. The van der Waals surface area contributed by atoms with Crippen LogP contribution in [-0.4, -0.2) is 110 Å². The molecule has 0 saturated carbocycles. The maximum absolute atomic E-state index is 14.5. The highest BCUT2D eigenvalue weighted by Crippen LogP contribution is 2.36. The lowest BCUT2D eigenvalue weighted by molar-refractivity contribution is 0.0929. The van der Waals surface area contributed by atoms with Gasteiger partial charge in [-0.1, -0.05) is 84.9 Å². The number of ketones is 1. The number of hydrogen-bond acceptors (Lipinski definition) is 17. The highest BCUT2D eigenvalue weighted by atomic mass is 19.3. The number of pyridine rings is 4. The Kier molecular flexibility index (Phi) is 36.0. The summed E-state index contributed by atoms with van der Waals surface area (Å²) in [6.45, 7) is 22.8. The molecule has 0 radical (unpaired) electrons. The fraction of sp³-hybridized carbons (Fsp3) is 0.396. The standard InChI is InChI=1S/C24H27F4N3O2.C24H30F2N4O3.C24H26F2N4O2.C23H26F4N4O2.CH4/c1-4-9-24(3,29)10-8-19(32)21-14(2)30-23-20(11-15(22(27)28)12-31(21)23)33-13-16-17(25)6-5-7-18(16)26;1-6-9-24(4,27)13-28-23(31)21-15(3)29-22-19(10-14(2)11-30(21)22)33-12-16-17(25)7-8-18(32-5)20(16)26;1-5-10-24(4,27)14-28-23(31)21-15(3)29-22-20(11-16(6-2)12-30(21)22)32-13-17-18(25)8-7-9-19(17)26;1-4-8-23(3,28)12-29-22(32)19-13(2)30-21-18(9-14(20(26)27)10-31(19)21)33-11-15-16(24)6-5-7-17(15)25;/h5-7,11-12,22H,4,8-10,13,29H2,1-3H3;7-8,10-11H,6,9,12-13,27H2,1-5H3,(H,28,31);2,7-9,11-12H,5,10,13-14,27H2,1,3-4H3,(H,28,31);5-7,9-10,20H,4,8,11-12,28H2,1-3H3,(H,29,32);1H4. The van der Waals surface area contributed by atoms with Gasteiger partial charge in [-0.05, 0) is 167 Å². The minimum atomic E-state index is -2.88. The van der Waals surface area contributed by atoms with Gasteiger partial charge >= 0.3 is 0 Å². The first-order valence-electron chi connectivity index (χ1n) is 42.3. The van der Waals surface area contributed by atoms with Gasteiger partial charge in [0.2, 0.25) is 0 Å². The molecule has 0 aliphatic heterocycles. The molecule has 0 aliphatic rings. The molecule has 36 heteroatoms. The number of nitrogens with two attached hydrogens (primary N) is 4. The molecule has 3 amide bonds. The van der Waals surface area contributed by atoms with Gasteiger partial charge in [-0.3, -0.25) is 36.8 Å². The van der Waals surface area contributed by atoms with Crippen LogP contribution in [0.2, 0.25) is 0 Å². The number of ether oxygens (including phenoxy) is 5. The number of halogens is 12. The molecule has 12 rings (SSSR count). The van der Waals surface area contributed by atoms with Crippen molar-refractivity contribution in [3.05, 3.63) is 252 Å². The van der Waals surface area contributed by atoms with Crippen LogP contribution in [0.4, 0.5) is 52.7 Å². The number of rotatable bonds is 36. The van der Waals surface area contributed by atoms with E-state index >= 15 is 0 Å². The SMILES string of the molecule is C.C#Cc1cc(OCc2c(F)cccc2F)c2nc(C)c(C(=O)NCC(C)(N)CCC)n2c1.CCCC(C)(N)CCC(=O)c1c(C)nc2c(OCc3c(F)cccc3F)cc(C(F)F)cn12.CCCC(C)(N)CNC(=O)c1c(C)nc2c(OCc3c(F)ccc(OC)c3F)cc(C)cn12.CCCC(C)(N)CNC(=O)c1c(C)nc2c(OCc3c(F)cccc3F)cc(C(F)F)cn12. The normalized spacial score (nSPS) is 13.1. The van der Waals surface area contributed by atoms with E-state index in [-0.39, 0.29) is 137 Å². The molecule has 8 heterocycles. The van der Waals surface area contributed by atoms with Crippen LogP contribution in [0, 0.1) is 93.5 Å². The zero-order valence-electron chi connectivity index (χ0n) is 75.3. The molecule has 0 saturated heterocycles. The molecular formula is C96H113F12N15O9. The number of hydrogen-bond donors (Lipinski definition) is 7. The number of carbonyl (C=O) groups excluding carboxylic acids is 4. The van der Waals surface area contributed by atoms with E-state index in [0.717, 1.165) is 118 Å². The van der Waals surface area contributed by atoms with Gasteiger partial charge in [-0.25, -0.2) is 72.6 Å². The number of nitrogens with one attached hydrogen (secondary N) is 3. The lowest BCUT2D eigenvalue weighted by Gasteiger charge is -2.24. The van der Waals surface area contributed by atoms with Crippen molar-refractivity contribution in [2.75, 3.05) is 26.7 Å². The number of carbonyl (C=O) groups is 4. The molecular weight excluding hydrogens is 1740 g/mol.